The second-order valence-corrected chi connectivity index (χ2v) is 2.69. The Bertz CT molecular complexity index is 453. The normalized spacial score (nSPS) is 9.43. The lowest BCUT2D eigenvalue weighted by Crippen LogP contribution is -1.87. The van der Waals surface area contributed by atoms with Gasteiger partial charge in [-0.1, -0.05) is 0 Å². The Morgan fingerprint density at radius 3 is 2.64 bits per heavy atom. The van der Waals surface area contributed by atoms with E-state index in [0.29, 0.717) is 5.69 Å². The third-order valence-corrected chi connectivity index (χ3v) is 1.83. The predicted molar refractivity (Wildman–Crippen MR) is 51.3 cm³/mol. The molecule has 0 spiro atoms. The number of aliphatic imine (C=N–C) groups is 1. The standard InChI is InChI=1S/C10H7N3O/c14-8-12-9-1-3-10(4-2-9)13-6-5-11-7-13/h1-7H. The van der Waals surface area contributed by atoms with Gasteiger partial charge in [-0.15, -0.1) is 0 Å². The number of hydrogen-bond acceptors (Lipinski definition) is 3. The van der Waals surface area contributed by atoms with Gasteiger partial charge in [-0.25, -0.2) is 9.78 Å². The predicted octanol–water partition coefficient (Wildman–Crippen LogP) is 1.84. The van der Waals surface area contributed by atoms with E-state index in [1.165, 1.54) is 6.08 Å². The molecule has 68 valence electrons. The van der Waals surface area contributed by atoms with Gasteiger partial charge < -0.3 is 4.57 Å². The van der Waals surface area contributed by atoms with Crippen LogP contribution in [0.15, 0.2) is 48.0 Å². The van der Waals surface area contributed by atoms with Crippen molar-refractivity contribution < 1.29 is 4.79 Å². The maximum atomic E-state index is 9.98. The topological polar surface area (TPSA) is 47.2 Å². The fourth-order valence-electron chi connectivity index (χ4n) is 1.16. The van der Waals surface area contributed by atoms with Crippen LogP contribution in [0.2, 0.25) is 0 Å². The van der Waals surface area contributed by atoms with Gasteiger partial charge in [0.25, 0.3) is 0 Å². The van der Waals surface area contributed by atoms with Crippen LogP contribution < -0.4 is 0 Å². The first kappa shape index (κ1) is 8.41. The summed E-state index contributed by atoms with van der Waals surface area (Å²) in [7, 11) is 0. The third kappa shape index (κ3) is 1.60. The van der Waals surface area contributed by atoms with Gasteiger partial charge in [0.05, 0.1) is 12.0 Å². The minimum atomic E-state index is 0.601. The Balaban J connectivity index is 2.35. The Kier molecular flexibility index (Phi) is 2.21. The summed E-state index contributed by atoms with van der Waals surface area (Å²) in [6, 6.07) is 7.22. The Morgan fingerprint density at radius 2 is 2.07 bits per heavy atom. The van der Waals surface area contributed by atoms with Crippen molar-refractivity contribution in [2.75, 3.05) is 0 Å². The van der Waals surface area contributed by atoms with Gasteiger partial charge in [0.2, 0.25) is 6.08 Å². The molecule has 4 nitrogen and oxygen atoms in total. The van der Waals surface area contributed by atoms with Crippen LogP contribution in [-0.2, 0) is 4.79 Å². The van der Waals surface area contributed by atoms with Crippen molar-refractivity contribution >= 4 is 11.8 Å². The number of imidazole rings is 1. The molecule has 2 aromatic rings. The lowest BCUT2D eigenvalue weighted by Gasteiger charge is -2.00. The van der Waals surface area contributed by atoms with Gasteiger partial charge in [0.1, 0.15) is 0 Å². The highest BCUT2D eigenvalue weighted by Gasteiger charge is 1.94. The largest absolute Gasteiger partial charge is 0.306 e. The molecule has 1 aromatic heterocycles. The fraction of sp³-hybridized carbons (Fsp3) is 0. The van der Waals surface area contributed by atoms with Crippen LogP contribution in [0.3, 0.4) is 0 Å². The highest BCUT2D eigenvalue weighted by Crippen LogP contribution is 2.14. The van der Waals surface area contributed by atoms with Crippen LogP contribution in [-0.4, -0.2) is 15.6 Å². The quantitative estimate of drug-likeness (QED) is 0.529. The van der Waals surface area contributed by atoms with Crippen LogP contribution in [0.25, 0.3) is 5.69 Å². The average Bonchev–Trinajstić information content (AvgIpc) is 2.72. The Morgan fingerprint density at radius 1 is 1.29 bits per heavy atom. The molecule has 0 aliphatic heterocycles. The van der Waals surface area contributed by atoms with E-state index in [4.69, 9.17) is 0 Å². The van der Waals surface area contributed by atoms with Gasteiger partial charge in [0, 0.05) is 18.1 Å². The summed E-state index contributed by atoms with van der Waals surface area (Å²) in [5.74, 6) is 0. The molecular formula is C10H7N3O. The van der Waals surface area contributed by atoms with Gasteiger partial charge in [-0.05, 0) is 24.3 Å². The highest BCUT2D eigenvalue weighted by atomic mass is 16.1. The zero-order valence-electron chi connectivity index (χ0n) is 7.29. The molecule has 0 bridgehead atoms. The van der Waals surface area contributed by atoms with E-state index in [9.17, 15) is 4.79 Å². The number of hydrogen-bond donors (Lipinski definition) is 0. The molecule has 2 rings (SSSR count). The SMILES string of the molecule is O=C=Nc1ccc(-n2ccnc2)cc1. The molecule has 0 aliphatic carbocycles. The van der Waals surface area contributed by atoms with Crippen molar-refractivity contribution in [1.82, 2.24) is 9.55 Å². The van der Waals surface area contributed by atoms with E-state index in [1.807, 2.05) is 22.9 Å². The van der Waals surface area contributed by atoms with Crippen molar-refractivity contribution in [2.24, 2.45) is 4.99 Å². The van der Waals surface area contributed by atoms with E-state index >= 15 is 0 Å². The summed E-state index contributed by atoms with van der Waals surface area (Å²) in [6.45, 7) is 0. The zero-order valence-corrected chi connectivity index (χ0v) is 7.29. The third-order valence-electron chi connectivity index (χ3n) is 1.83. The second-order valence-electron chi connectivity index (χ2n) is 2.69. The molecule has 0 aliphatic rings. The van der Waals surface area contributed by atoms with Crippen LogP contribution >= 0.6 is 0 Å². The zero-order chi connectivity index (χ0) is 9.80. The van der Waals surface area contributed by atoms with Crippen LogP contribution in [0.5, 0.6) is 0 Å². The van der Waals surface area contributed by atoms with Crippen molar-refractivity contribution in [3.8, 4) is 5.69 Å². The first-order valence-corrected chi connectivity index (χ1v) is 4.06. The number of benzene rings is 1. The lowest BCUT2D eigenvalue weighted by atomic mass is 10.3. The summed E-state index contributed by atoms with van der Waals surface area (Å²) in [5.41, 5.74) is 1.58. The minimum Gasteiger partial charge on any atom is -0.306 e. The molecule has 1 heterocycles. The fourth-order valence-corrected chi connectivity index (χ4v) is 1.16. The molecule has 0 fully saturated rings. The van der Waals surface area contributed by atoms with Crippen LogP contribution in [0.1, 0.15) is 0 Å². The van der Waals surface area contributed by atoms with Crippen LogP contribution in [0, 0.1) is 0 Å². The molecule has 0 amide bonds. The van der Waals surface area contributed by atoms with Crippen molar-refractivity contribution in [3.05, 3.63) is 43.0 Å². The second kappa shape index (κ2) is 3.68. The molecule has 14 heavy (non-hydrogen) atoms. The summed E-state index contributed by atoms with van der Waals surface area (Å²) in [5, 5.41) is 0. The van der Waals surface area contributed by atoms with E-state index in [1.54, 1.807) is 24.7 Å². The van der Waals surface area contributed by atoms with E-state index < -0.39 is 0 Å². The van der Waals surface area contributed by atoms with Crippen molar-refractivity contribution in [1.29, 1.82) is 0 Å². The molecule has 0 N–H and O–H groups in total. The minimum absolute atomic E-state index is 0.601. The molecule has 0 radical (unpaired) electrons. The summed E-state index contributed by atoms with van der Waals surface area (Å²) in [4.78, 5) is 17.4. The van der Waals surface area contributed by atoms with Gasteiger partial charge in [0.15, 0.2) is 0 Å². The highest BCUT2D eigenvalue weighted by molar-refractivity contribution is 5.51. The maximum absolute atomic E-state index is 9.98. The van der Waals surface area contributed by atoms with Gasteiger partial charge in [-0.2, -0.15) is 4.99 Å². The smallest absolute Gasteiger partial charge is 0.240 e. The van der Waals surface area contributed by atoms with Crippen molar-refractivity contribution in [3.63, 3.8) is 0 Å². The molecule has 0 saturated carbocycles. The number of nitrogens with zero attached hydrogens (tertiary/aromatic N) is 3. The molecular weight excluding hydrogens is 178 g/mol. The number of rotatable bonds is 2. The Labute approximate surface area is 80.5 Å². The Hall–Kier alpha value is -2.19. The summed E-state index contributed by atoms with van der Waals surface area (Å²) in [6.07, 6.45) is 6.75. The van der Waals surface area contributed by atoms with Gasteiger partial charge >= 0.3 is 0 Å². The first-order valence-electron chi connectivity index (χ1n) is 4.06. The molecule has 4 heteroatoms. The van der Waals surface area contributed by atoms with Crippen LogP contribution in [0.4, 0.5) is 5.69 Å². The van der Waals surface area contributed by atoms with Gasteiger partial charge in [-0.3, -0.25) is 0 Å². The van der Waals surface area contributed by atoms with E-state index in [2.05, 4.69) is 9.98 Å². The summed E-state index contributed by atoms with van der Waals surface area (Å²) >= 11 is 0. The van der Waals surface area contributed by atoms with Crippen molar-refractivity contribution in [2.45, 2.75) is 0 Å². The first-order chi connectivity index (χ1) is 6.90. The number of isocyanates is 1. The molecule has 0 unspecified atom stereocenters. The lowest BCUT2D eigenvalue weighted by molar-refractivity contribution is 0.565. The molecule has 0 saturated heterocycles. The average molecular weight is 185 g/mol. The monoisotopic (exact) mass is 185 g/mol. The van der Waals surface area contributed by atoms with E-state index in [0.717, 1.165) is 5.69 Å². The number of aromatic nitrogens is 2. The van der Waals surface area contributed by atoms with E-state index in [-0.39, 0.29) is 0 Å². The number of carbonyl (C=O) groups excluding carboxylic acids is 1. The molecule has 0 atom stereocenters. The molecule has 1 aromatic carbocycles. The maximum Gasteiger partial charge on any atom is 0.240 e. The summed E-state index contributed by atoms with van der Waals surface area (Å²) < 4.78 is 1.87.